The van der Waals surface area contributed by atoms with Crippen LogP contribution in [0.5, 0.6) is 0 Å². The Labute approximate surface area is 211 Å². The molecule has 0 spiro atoms. The second-order valence-electron chi connectivity index (χ2n) is 10.8. The predicted molar refractivity (Wildman–Crippen MR) is 149 cm³/mol. The molecule has 0 radical (unpaired) electrons. The highest BCUT2D eigenvalue weighted by Crippen LogP contribution is 2.37. The molecule has 1 aromatic carbocycles. The Balaban J connectivity index is 2.26. The maximum absolute atomic E-state index is 16.1. The summed E-state index contributed by atoms with van der Waals surface area (Å²) in [5, 5.41) is 0. The molecular formula is C31H57FN2. The van der Waals surface area contributed by atoms with E-state index in [1.807, 2.05) is 30.3 Å². The van der Waals surface area contributed by atoms with E-state index >= 15 is 4.39 Å². The van der Waals surface area contributed by atoms with Gasteiger partial charge in [0.05, 0.1) is 0 Å². The van der Waals surface area contributed by atoms with Crippen molar-refractivity contribution in [3.8, 4) is 0 Å². The molecular weight excluding hydrogens is 419 g/mol. The summed E-state index contributed by atoms with van der Waals surface area (Å²) in [6.07, 6.45) is 22.8. The summed E-state index contributed by atoms with van der Waals surface area (Å²) in [5.41, 5.74) is 12.4. The van der Waals surface area contributed by atoms with Gasteiger partial charge in [-0.1, -0.05) is 134 Å². The average Bonchev–Trinajstić information content (AvgIpc) is 2.84. The zero-order valence-corrected chi connectivity index (χ0v) is 22.7. The molecule has 2 nitrogen and oxygen atoms in total. The highest BCUT2D eigenvalue weighted by atomic mass is 19.1. The zero-order valence-electron chi connectivity index (χ0n) is 22.7. The molecule has 0 bridgehead atoms. The van der Waals surface area contributed by atoms with Crippen molar-refractivity contribution in [1.82, 2.24) is 0 Å². The fourth-order valence-electron chi connectivity index (χ4n) is 5.09. The highest BCUT2D eigenvalue weighted by Gasteiger charge is 2.31. The summed E-state index contributed by atoms with van der Waals surface area (Å²) in [6.45, 7) is 4.49. The van der Waals surface area contributed by atoms with Crippen molar-refractivity contribution in [3.05, 3.63) is 35.9 Å². The first kappa shape index (κ1) is 31.1. The topological polar surface area (TPSA) is 52.0 Å². The third kappa shape index (κ3) is 15.1. The molecule has 0 aromatic heterocycles. The fraction of sp³-hybridized carbons (Fsp3) is 0.806. The lowest BCUT2D eigenvalue weighted by Crippen LogP contribution is -2.33. The monoisotopic (exact) mass is 476 g/mol. The minimum absolute atomic E-state index is 0.0166. The Bertz CT molecular complexity index is 564. The molecule has 0 saturated heterocycles. The summed E-state index contributed by atoms with van der Waals surface area (Å²) in [5.74, 6) is 0. The van der Waals surface area contributed by atoms with Crippen LogP contribution in [0.2, 0.25) is 0 Å². The number of halogens is 1. The van der Waals surface area contributed by atoms with Crippen LogP contribution in [0.4, 0.5) is 4.39 Å². The summed E-state index contributed by atoms with van der Waals surface area (Å²) >= 11 is 0. The summed E-state index contributed by atoms with van der Waals surface area (Å²) in [6, 6.07) is 9.86. The molecule has 0 aliphatic carbocycles. The van der Waals surface area contributed by atoms with Gasteiger partial charge in [0.15, 0.2) is 0 Å². The summed E-state index contributed by atoms with van der Waals surface area (Å²) < 4.78 is 16.1. The van der Waals surface area contributed by atoms with E-state index in [9.17, 15) is 0 Å². The molecule has 34 heavy (non-hydrogen) atoms. The van der Waals surface area contributed by atoms with E-state index in [1.54, 1.807) is 0 Å². The smallest absolute Gasteiger partial charge is 0.136 e. The molecule has 3 atom stereocenters. The van der Waals surface area contributed by atoms with Crippen molar-refractivity contribution >= 4 is 0 Å². The van der Waals surface area contributed by atoms with Crippen LogP contribution < -0.4 is 11.5 Å². The second-order valence-corrected chi connectivity index (χ2v) is 10.8. The van der Waals surface area contributed by atoms with Crippen molar-refractivity contribution < 1.29 is 4.39 Å². The summed E-state index contributed by atoms with van der Waals surface area (Å²) in [4.78, 5) is 0. The molecule has 0 aliphatic rings. The van der Waals surface area contributed by atoms with Gasteiger partial charge in [-0.25, -0.2) is 4.39 Å². The van der Waals surface area contributed by atoms with Gasteiger partial charge < -0.3 is 11.5 Å². The number of alkyl halides is 1. The van der Waals surface area contributed by atoms with Crippen LogP contribution in [0.25, 0.3) is 0 Å². The van der Waals surface area contributed by atoms with Crippen molar-refractivity contribution in [2.45, 2.75) is 160 Å². The summed E-state index contributed by atoms with van der Waals surface area (Å²) in [7, 11) is 0. The highest BCUT2D eigenvalue weighted by molar-refractivity contribution is 5.22. The molecule has 3 heteroatoms. The molecule has 0 fully saturated rings. The number of hydrogen-bond donors (Lipinski definition) is 2. The largest absolute Gasteiger partial charge is 0.328 e. The van der Waals surface area contributed by atoms with Crippen LogP contribution in [0, 0.1) is 0 Å². The number of hydrogen-bond acceptors (Lipinski definition) is 2. The molecule has 1 aromatic rings. The molecule has 0 aliphatic heterocycles. The molecule has 4 N–H and O–H groups in total. The van der Waals surface area contributed by atoms with Crippen molar-refractivity contribution in [2.75, 3.05) is 0 Å². The predicted octanol–water partition coefficient (Wildman–Crippen LogP) is 9.35. The van der Waals surface area contributed by atoms with Gasteiger partial charge in [0.25, 0.3) is 0 Å². The quantitative estimate of drug-likeness (QED) is 0.155. The second kappa shape index (κ2) is 20.3. The van der Waals surface area contributed by atoms with E-state index < -0.39 is 5.67 Å². The van der Waals surface area contributed by atoms with Gasteiger partial charge in [-0.05, 0) is 44.1 Å². The normalized spacial score (nSPS) is 15.2. The van der Waals surface area contributed by atoms with E-state index in [1.165, 1.54) is 83.5 Å². The standard InChI is InChI=1S/C31H57FN2/c1-3-5-7-9-10-11-12-13-14-19-23-29(33)27-30(34)24-26-31(32,25-20-15-8-6-4-2)28-21-17-16-18-22-28/h16-18,21-22,29-30H,3-15,19-20,23-27,33-34H2,1-2H3. The Hall–Kier alpha value is -0.930. The number of rotatable bonds is 23. The molecule has 3 unspecified atom stereocenters. The Morgan fingerprint density at radius 1 is 0.618 bits per heavy atom. The first-order chi connectivity index (χ1) is 16.5. The lowest BCUT2D eigenvalue weighted by molar-refractivity contribution is 0.124. The maximum Gasteiger partial charge on any atom is 0.136 e. The van der Waals surface area contributed by atoms with Crippen molar-refractivity contribution in [2.24, 2.45) is 11.5 Å². The van der Waals surface area contributed by atoms with E-state index in [4.69, 9.17) is 11.5 Å². The van der Waals surface area contributed by atoms with E-state index in [2.05, 4.69) is 13.8 Å². The van der Waals surface area contributed by atoms with Crippen LogP contribution in [0.15, 0.2) is 30.3 Å². The SMILES string of the molecule is CCCCCCCCCCCCC(N)CC(N)CCC(F)(CCCCCCC)c1ccccc1. The van der Waals surface area contributed by atoms with Crippen LogP contribution in [-0.4, -0.2) is 12.1 Å². The molecule has 1 rings (SSSR count). The number of nitrogens with two attached hydrogens (primary N) is 2. The Morgan fingerprint density at radius 3 is 1.65 bits per heavy atom. The van der Waals surface area contributed by atoms with Crippen molar-refractivity contribution in [3.63, 3.8) is 0 Å². The number of unbranched alkanes of at least 4 members (excludes halogenated alkanes) is 13. The zero-order chi connectivity index (χ0) is 24.9. The fourth-order valence-corrected chi connectivity index (χ4v) is 5.09. The van der Waals surface area contributed by atoms with Gasteiger partial charge >= 0.3 is 0 Å². The third-order valence-corrected chi connectivity index (χ3v) is 7.41. The molecule has 198 valence electrons. The van der Waals surface area contributed by atoms with Gasteiger partial charge in [-0.3, -0.25) is 0 Å². The molecule has 0 amide bonds. The van der Waals surface area contributed by atoms with Crippen LogP contribution in [-0.2, 0) is 5.67 Å². The first-order valence-corrected chi connectivity index (χ1v) is 14.8. The molecule has 0 saturated carbocycles. The van der Waals surface area contributed by atoms with E-state index in [0.717, 1.165) is 31.2 Å². The minimum Gasteiger partial charge on any atom is -0.328 e. The maximum atomic E-state index is 16.1. The molecule has 0 heterocycles. The first-order valence-electron chi connectivity index (χ1n) is 14.8. The lowest BCUT2D eigenvalue weighted by Gasteiger charge is -2.28. The number of benzene rings is 1. The third-order valence-electron chi connectivity index (χ3n) is 7.41. The van der Waals surface area contributed by atoms with Crippen molar-refractivity contribution in [1.29, 1.82) is 0 Å². The van der Waals surface area contributed by atoms with Crippen LogP contribution in [0.3, 0.4) is 0 Å². The van der Waals surface area contributed by atoms with Crippen LogP contribution >= 0.6 is 0 Å². The minimum atomic E-state index is -1.27. The Morgan fingerprint density at radius 2 is 1.09 bits per heavy atom. The van der Waals surface area contributed by atoms with Gasteiger partial charge in [0.1, 0.15) is 5.67 Å². The van der Waals surface area contributed by atoms with E-state index in [0.29, 0.717) is 19.3 Å². The lowest BCUT2D eigenvalue weighted by atomic mass is 9.84. The van der Waals surface area contributed by atoms with E-state index in [-0.39, 0.29) is 12.1 Å². The van der Waals surface area contributed by atoms with Crippen LogP contribution in [0.1, 0.15) is 148 Å². The average molecular weight is 477 g/mol. The van der Waals surface area contributed by atoms with Gasteiger partial charge in [-0.2, -0.15) is 0 Å². The Kier molecular flexibility index (Phi) is 18.6. The van der Waals surface area contributed by atoms with Gasteiger partial charge in [-0.15, -0.1) is 0 Å². The van der Waals surface area contributed by atoms with Gasteiger partial charge in [0.2, 0.25) is 0 Å². The van der Waals surface area contributed by atoms with Gasteiger partial charge in [0, 0.05) is 12.1 Å².